The van der Waals surface area contributed by atoms with Gasteiger partial charge in [0.25, 0.3) is 0 Å². The number of halogens is 1. The monoisotopic (exact) mass is 340 g/mol. The maximum Gasteiger partial charge on any atom is 0.222 e. The predicted octanol–water partition coefficient (Wildman–Crippen LogP) is 2.79. The first-order valence-corrected chi connectivity index (χ1v) is 7.77. The van der Waals surface area contributed by atoms with Crippen LogP contribution < -0.4 is 11.1 Å². The number of aromatic nitrogens is 2. The average molecular weight is 341 g/mol. The van der Waals surface area contributed by atoms with Crippen LogP contribution in [-0.4, -0.2) is 16.1 Å². The summed E-state index contributed by atoms with van der Waals surface area (Å²) in [5, 5.41) is 12.8. The van der Waals surface area contributed by atoms with Gasteiger partial charge >= 0.3 is 0 Å². The quantitative estimate of drug-likeness (QED) is 0.847. The van der Waals surface area contributed by atoms with Crippen molar-refractivity contribution in [3.63, 3.8) is 0 Å². The van der Waals surface area contributed by atoms with E-state index in [1.165, 1.54) is 11.3 Å². The van der Waals surface area contributed by atoms with Gasteiger partial charge in [0.05, 0.1) is 6.54 Å². The molecule has 7 heteroatoms. The van der Waals surface area contributed by atoms with E-state index in [1.54, 1.807) is 0 Å². The molecule has 0 aliphatic heterocycles. The van der Waals surface area contributed by atoms with E-state index < -0.39 is 0 Å². The molecule has 0 fully saturated rings. The summed E-state index contributed by atoms with van der Waals surface area (Å²) in [7, 11) is 0. The lowest BCUT2D eigenvalue weighted by atomic mass is 10.0. The van der Waals surface area contributed by atoms with E-state index >= 15 is 0 Å². The Hall–Kier alpha value is -1.50. The Bertz CT molecular complexity index is 588. The molecule has 0 bridgehead atoms. The molecule has 0 aliphatic rings. The van der Waals surface area contributed by atoms with Gasteiger partial charge in [-0.3, -0.25) is 4.79 Å². The van der Waals surface area contributed by atoms with Gasteiger partial charge in [0, 0.05) is 18.4 Å². The summed E-state index contributed by atoms with van der Waals surface area (Å²) in [5.41, 5.74) is 6.99. The molecule has 22 heavy (non-hydrogen) atoms. The van der Waals surface area contributed by atoms with Gasteiger partial charge in [-0.05, 0) is 5.56 Å². The molecule has 2 aromatic rings. The summed E-state index contributed by atoms with van der Waals surface area (Å²) in [4.78, 5) is 11.9. The average Bonchev–Trinajstić information content (AvgIpc) is 2.95. The molecule has 0 spiro atoms. The Labute approximate surface area is 140 Å². The van der Waals surface area contributed by atoms with E-state index in [9.17, 15) is 4.79 Å². The number of hydrogen-bond donors (Lipinski definition) is 2. The number of benzene rings is 1. The highest BCUT2D eigenvalue weighted by molar-refractivity contribution is 7.11. The minimum atomic E-state index is -0.285. The largest absolute Gasteiger partial charge is 0.349 e. The first-order chi connectivity index (χ1) is 10.1. The van der Waals surface area contributed by atoms with Gasteiger partial charge in [-0.2, -0.15) is 0 Å². The zero-order valence-corrected chi connectivity index (χ0v) is 14.3. The highest BCUT2D eigenvalue weighted by atomic mass is 35.5. The molecule has 0 radical (unpaired) electrons. The number of hydrogen-bond acceptors (Lipinski definition) is 5. The summed E-state index contributed by atoms with van der Waals surface area (Å²) in [6, 6.07) is 9.34. The van der Waals surface area contributed by atoms with Gasteiger partial charge in [-0.1, -0.05) is 55.5 Å². The van der Waals surface area contributed by atoms with E-state index in [0.29, 0.717) is 12.5 Å². The SMILES string of the molecule is CC(C)c1nnc(CNC(=O)CC(N)c2ccccc2)s1.Cl. The second-order valence-corrected chi connectivity index (χ2v) is 6.28. The molecule has 1 aromatic carbocycles. The highest BCUT2D eigenvalue weighted by Gasteiger charge is 2.12. The molecule has 5 nitrogen and oxygen atoms in total. The van der Waals surface area contributed by atoms with Gasteiger partial charge in [0.1, 0.15) is 10.0 Å². The molecule has 1 atom stereocenters. The Morgan fingerprint density at radius 1 is 1.27 bits per heavy atom. The van der Waals surface area contributed by atoms with Crippen molar-refractivity contribution in [3.8, 4) is 0 Å². The van der Waals surface area contributed by atoms with Crippen molar-refractivity contribution in [2.24, 2.45) is 5.73 Å². The number of carbonyl (C=O) groups is 1. The van der Waals surface area contributed by atoms with E-state index in [1.807, 2.05) is 30.3 Å². The fraction of sp³-hybridized carbons (Fsp3) is 0.400. The molecular formula is C15H21ClN4OS. The molecule has 1 unspecified atom stereocenters. The lowest BCUT2D eigenvalue weighted by molar-refractivity contribution is -0.121. The van der Waals surface area contributed by atoms with Crippen molar-refractivity contribution in [1.82, 2.24) is 15.5 Å². The third kappa shape index (κ3) is 5.36. The van der Waals surface area contributed by atoms with Crippen LogP contribution in [0.15, 0.2) is 30.3 Å². The standard InChI is InChI=1S/C15H20N4OS.ClH/c1-10(2)15-19-18-14(21-15)9-17-13(20)8-12(16)11-6-4-3-5-7-11;/h3-7,10,12H,8-9,16H2,1-2H3,(H,17,20);1H. The third-order valence-corrected chi connectivity index (χ3v) is 4.27. The molecule has 1 amide bonds. The zero-order valence-electron chi connectivity index (χ0n) is 12.7. The molecule has 3 N–H and O–H groups in total. The minimum absolute atomic E-state index is 0. The summed E-state index contributed by atoms with van der Waals surface area (Å²) >= 11 is 1.53. The normalized spacial score (nSPS) is 11.8. The van der Waals surface area contributed by atoms with Crippen LogP contribution in [0, 0.1) is 0 Å². The highest BCUT2D eigenvalue weighted by Crippen LogP contribution is 2.19. The topological polar surface area (TPSA) is 80.9 Å². The fourth-order valence-corrected chi connectivity index (χ4v) is 2.62. The van der Waals surface area contributed by atoms with Crippen molar-refractivity contribution in [1.29, 1.82) is 0 Å². The van der Waals surface area contributed by atoms with Crippen LogP contribution in [0.5, 0.6) is 0 Å². The Morgan fingerprint density at radius 2 is 1.95 bits per heavy atom. The maximum absolute atomic E-state index is 11.9. The van der Waals surface area contributed by atoms with Crippen molar-refractivity contribution in [2.75, 3.05) is 0 Å². The van der Waals surface area contributed by atoms with E-state index in [0.717, 1.165) is 15.6 Å². The second-order valence-electron chi connectivity index (χ2n) is 5.19. The maximum atomic E-state index is 11.9. The zero-order chi connectivity index (χ0) is 15.2. The molecule has 1 aromatic heterocycles. The van der Waals surface area contributed by atoms with E-state index in [4.69, 9.17) is 5.73 Å². The van der Waals surface area contributed by atoms with Crippen LogP contribution in [0.3, 0.4) is 0 Å². The molecule has 2 rings (SSSR count). The lowest BCUT2D eigenvalue weighted by Gasteiger charge is -2.11. The predicted molar refractivity (Wildman–Crippen MR) is 91.1 cm³/mol. The first-order valence-electron chi connectivity index (χ1n) is 6.95. The lowest BCUT2D eigenvalue weighted by Crippen LogP contribution is -2.27. The number of carbonyl (C=O) groups excluding carboxylic acids is 1. The van der Waals surface area contributed by atoms with Crippen LogP contribution in [0.1, 0.15) is 47.8 Å². The number of rotatable bonds is 6. The van der Waals surface area contributed by atoms with Crippen LogP contribution in [0.4, 0.5) is 0 Å². The Balaban J connectivity index is 0.00000242. The van der Waals surface area contributed by atoms with Crippen LogP contribution >= 0.6 is 23.7 Å². The molecule has 120 valence electrons. The van der Waals surface area contributed by atoms with Crippen molar-refractivity contribution in [3.05, 3.63) is 45.9 Å². The molecule has 0 aliphatic carbocycles. The van der Waals surface area contributed by atoms with Crippen molar-refractivity contribution in [2.45, 2.75) is 38.8 Å². The number of nitrogens with zero attached hydrogens (tertiary/aromatic N) is 2. The molecule has 1 heterocycles. The third-order valence-electron chi connectivity index (χ3n) is 3.05. The summed E-state index contributed by atoms with van der Waals surface area (Å²) < 4.78 is 0. The first kappa shape index (κ1) is 18.5. The smallest absolute Gasteiger partial charge is 0.222 e. The summed E-state index contributed by atoms with van der Waals surface area (Å²) in [6.07, 6.45) is 0.264. The van der Waals surface area contributed by atoms with Gasteiger partial charge in [0.15, 0.2) is 0 Å². The Morgan fingerprint density at radius 3 is 2.55 bits per heavy atom. The Kier molecular flexibility index (Phi) is 7.44. The number of amides is 1. The van der Waals surface area contributed by atoms with E-state index in [2.05, 4.69) is 29.4 Å². The van der Waals surface area contributed by atoms with E-state index in [-0.39, 0.29) is 30.8 Å². The van der Waals surface area contributed by atoms with Crippen molar-refractivity contribution < 1.29 is 4.79 Å². The van der Waals surface area contributed by atoms with Crippen LogP contribution in [0.25, 0.3) is 0 Å². The summed E-state index contributed by atoms with van der Waals surface area (Å²) in [6.45, 7) is 4.55. The second kappa shape index (κ2) is 8.82. The fourth-order valence-electron chi connectivity index (χ4n) is 1.84. The van der Waals surface area contributed by atoms with Gasteiger partial charge < -0.3 is 11.1 Å². The molecule has 0 saturated heterocycles. The molecule has 0 saturated carbocycles. The van der Waals surface area contributed by atoms with Gasteiger partial charge in [-0.15, -0.1) is 22.6 Å². The summed E-state index contributed by atoms with van der Waals surface area (Å²) in [5.74, 6) is 0.283. The molecular weight excluding hydrogens is 320 g/mol. The van der Waals surface area contributed by atoms with Gasteiger partial charge in [0.2, 0.25) is 5.91 Å². The number of nitrogens with two attached hydrogens (primary N) is 1. The number of nitrogens with one attached hydrogen (secondary N) is 1. The van der Waals surface area contributed by atoms with Crippen LogP contribution in [0.2, 0.25) is 0 Å². The van der Waals surface area contributed by atoms with Crippen molar-refractivity contribution >= 4 is 29.7 Å². The van der Waals surface area contributed by atoms with Crippen LogP contribution in [-0.2, 0) is 11.3 Å². The van der Waals surface area contributed by atoms with Gasteiger partial charge in [-0.25, -0.2) is 0 Å². The minimum Gasteiger partial charge on any atom is -0.349 e.